The van der Waals surface area contributed by atoms with Gasteiger partial charge in [-0.05, 0) is 5.92 Å². The number of rotatable bonds is 5. The van der Waals surface area contributed by atoms with E-state index in [4.69, 9.17) is 9.84 Å². The minimum Gasteiger partial charge on any atom is -0.474 e. The van der Waals surface area contributed by atoms with Crippen LogP contribution in [0.2, 0.25) is 0 Å². The smallest absolute Gasteiger partial charge is 0.394 e. The minimum absolute atomic E-state index is 0.246. The topological polar surface area (TPSA) is 66.8 Å². The lowest BCUT2D eigenvalue weighted by Crippen LogP contribution is -2.40. The molecule has 0 aliphatic carbocycles. The Morgan fingerprint density at radius 3 is 2.36 bits per heavy atom. The van der Waals surface area contributed by atoms with Crippen molar-refractivity contribution in [3.8, 4) is 0 Å². The predicted molar refractivity (Wildman–Crippen MR) is 50.9 cm³/mol. The van der Waals surface area contributed by atoms with Crippen LogP contribution in [0, 0.1) is 5.92 Å². The zero-order valence-electron chi connectivity index (χ0n) is 8.82. The predicted octanol–water partition coefficient (Wildman–Crippen LogP) is 0.202. The first-order chi connectivity index (χ1) is 6.49. The van der Waals surface area contributed by atoms with Crippen molar-refractivity contribution in [2.75, 3.05) is 26.8 Å². The van der Waals surface area contributed by atoms with Gasteiger partial charge in [-0.25, -0.2) is 4.79 Å². The molecule has 0 unspecified atom stereocenters. The molecule has 0 saturated carbocycles. The number of amides is 1. The fourth-order valence-corrected chi connectivity index (χ4v) is 1.05. The lowest BCUT2D eigenvalue weighted by atomic mass is 10.2. The summed E-state index contributed by atoms with van der Waals surface area (Å²) in [5, 5.41) is 8.53. The normalized spacial score (nSPS) is 10.3. The molecule has 0 aliphatic rings. The molecular weight excluding hydrogens is 186 g/mol. The molecule has 0 fully saturated rings. The number of carbonyl (C=O) groups is 2. The molecular formula is C9H17NO4. The quantitative estimate of drug-likeness (QED) is 0.648. The van der Waals surface area contributed by atoms with Crippen LogP contribution in [0.4, 0.5) is 0 Å². The zero-order valence-corrected chi connectivity index (χ0v) is 8.82. The van der Waals surface area contributed by atoms with Gasteiger partial charge in [0.2, 0.25) is 0 Å². The Morgan fingerprint density at radius 2 is 2.00 bits per heavy atom. The van der Waals surface area contributed by atoms with Gasteiger partial charge in [0.1, 0.15) is 0 Å². The van der Waals surface area contributed by atoms with Crippen LogP contribution in [0.1, 0.15) is 13.8 Å². The highest BCUT2D eigenvalue weighted by Gasteiger charge is 2.20. The van der Waals surface area contributed by atoms with Gasteiger partial charge in [0.25, 0.3) is 0 Å². The van der Waals surface area contributed by atoms with Gasteiger partial charge in [0.15, 0.2) is 0 Å². The number of hydrogen-bond acceptors (Lipinski definition) is 3. The summed E-state index contributed by atoms with van der Waals surface area (Å²) in [4.78, 5) is 22.9. The average molecular weight is 203 g/mol. The Labute approximate surface area is 83.6 Å². The van der Waals surface area contributed by atoms with Crippen LogP contribution in [-0.2, 0) is 14.3 Å². The Hall–Kier alpha value is -1.10. The number of ether oxygens (including phenoxy) is 1. The second-order valence-corrected chi connectivity index (χ2v) is 3.44. The number of carbonyl (C=O) groups excluding carboxylic acids is 1. The van der Waals surface area contributed by atoms with Crippen LogP contribution < -0.4 is 0 Å². The van der Waals surface area contributed by atoms with Gasteiger partial charge >= 0.3 is 11.9 Å². The van der Waals surface area contributed by atoms with E-state index in [0.717, 1.165) is 0 Å². The molecule has 5 heteroatoms. The molecule has 5 nitrogen and oxygen atoms in total. The summed E-state index contributed by atoms with van der Waals surface area (Å²) in [5.41, 5.74) is 0. The SMILES string of the molecule is COCCN(CC(C)C)C(=O)C(=O)O. The zero-order chi connectivity index (χ0) is 11.1. The highest BCUT2D eigenvalue weighted by Crippen LogP contribution is 1.99. The molecule has 14 heavy (non-hydrogen) atoms. The van der Waals surface area contributed by atoms with Crippen molar-refractivity contribution in [1.29, 1.82) is 0 Å². The number of carboxylic acids is 1. The van der Waals surface area contributed by atoms with Crippen molar-refractivity contribution < 1.29 is 19.4 Å². The number of carboxylic acid groups (broad SMARTS) is 1. The lowest BCUT2D eigenvalue weighted by molar-refractivity contribution is -0.156. The van der Waals surface area contributed by atoms with Gasteiger partial charge < -0.3 is 14.7 Å². The first-order valence-corrected chi connectivity index (χ1v) is 4.50. The molecule has 0 saturated heterocycles. The summed E-state index contributed by atoms with van der Waals surface area (Å²) >= 11 is 0. The second kappa shape index (κ2) is 6.37. The maximum atomic E-state index is 11.2. The third kappa shape index (κ3) is 4.81. The van der Waals surface area contributed by atoms with Crippen molar-refractivity contribution in [1.82, 2.24) is 4.90 Å². The molecule has 0 radical (unpaired) electrons. The molecule has 1 N–H and O–H groups in total. The van der Waals surface area contributed by atoms with Gasteiger partial charge in [-0.1, -0.05) is 13.8 Å². The molecule has 0 aromatic carbocycles. The molecule has 82 valence electrons. The van der Waals surface area contributed by atoms with E-state index in [1.54, 1.807) is 0 Å². The molecule has 0 aromatic heterocycles. The van der Waals surface area contributed by atoms with Gasteiger partial charge in [-0.2, -0.15) is 0 Å². The average Bonchev–Trinajstić information content (AvgIpc) is 2.10. The largest absolute Gasteiger partial charge is 0.474 e. The molecule has 0 spiro atoms. The summed E-state index contributed by atoms with van der Waals surface area (Å²) < 4.78 is 4.80. The van der Waals surface area contributed by atoms with E-state index in [1.807, 2.05) is 13.8 Å². The fraction of sp³-hybridized carbons (Fsp3) is 0.778. The number of nitrogens with zero attached hydrogens (tertiary/aromatic N) is 1. The summed E-state index contributed by atoms with van der Waals surface area (Å²) in [6.45, 7) is 4.96. The van der Waals surface area contributed by atoms with Crippen LogP contribution in [0.5, 0.6) is 0 Å². The molecule has 0 heterocycles. The van der Waals surface area contributed by atoms with Crippen molar-refractivity contribution in [3.05, 3.63) is 0 Å². The van der Waals surface area contributed by atoms with E-state index in [0.29, 0.717) is 19.7 Å². The number of hydrogen-bond donors (Lipinski definition) is 1. The van der Waals surface area contributed by atoms with Crippen molar-refractivity contribution >= 4 is 11.9 Å². The van der Waals surface area contributed by atoms with Crippen molar-refractivity contribution in [3.63, 3.8) is 0 Å². The Morgan fingerprint density at radius 1 is 1.43 bits per heavy atom. The fourth-order valence-electron chi connectivity index (χ4n) is 1.05. The first kappa shape index (κ1) is 12.9. The molecule has 0 aliphatic heterocycles. The van der Waals surface area contributed by atoms with Gasteiger partial charge in [-0.3, -0.25) is 4.79 Å². The maximum absolute atomic E-state index is 11.2. The lowest BCUT2D eigenvalue weighted by Gasteiger charge is -2.22. The molecule has 0 bridgehead atoms. The van der Waals surface area contributed by atoms with E-state index < -0.39 is 11.9 Å². The molecule has 0 atom stereocenters. The molecule has 0 aromatic rings. The van der Waals surface area contributed by atoms with E-state index in [2.05, 4.69) is 0 Å². The van der Waals surface area contributed by atoms with E-state index in [1.165, 1.54) is 12.0 Å². The van der Waals surface area contributed by atoms with Crippen LogP contribution in [0.3, 0.4) is 0 Å². The van der Waals surface area contributed by atoms with Crippen LogP contribution >= 0.6 is 0 Å². The third-order valence-corrected chi connectivity index (χ3v) is 1.62. The van der Waals surface area contributed by atoms with Crippen molar-refractivity contribution in [2.45, 2.75) is 13.8 Å². The number of methoxy groups -OCH3 is 1. The molecule has 1 amide bonds. The van der Waals surface area contributed by atoms with E-state index >= 15 is 0 Å². The van der Waals surface area contributed by atoms with Gasteiger partial charge in [0.05, 0.1) is 6.61 Å². The highest BCUT2D eigenvalue weighted by atomic mass is 16.5. The Balaban J connectivity index is 4.23. The molecule has 0 rings (SSSR count). The summed E-state index contributed by atoms with van der Waals surface area (Å²) in [6.07, 6.45) is 0. The van der Waals surface area contributed by atoms with E-state index in [9.17, 15) is 9.59 Å². The third-order valence-electron chi connectivity index (χ3n) is 1.62. The summed E-state index contributed by atoms with van der Waals surface area (Å²) in [7, 11) is 1.51. The Bertz CT molecular complexity index is 203. The van der Waals surface area contributed by atoms with Crippen molar-refractivity contribution in [2.24, 2.45) is 5.92 Å². The number of aliphatic carboxylic acids is 1. The van der Waals surface area contributed by atoms with Gasteiger partial charge in [0, 0.05) is 20.2 Å². The highest BCUT2D eigenvalue weighted by molar-refractivity contribution is 6.31. The summed E-state index contributed by atoms with van der Waals surface area (Å²) in [5.74, 6) is -2.03. The monoisotopic (exact) mass is 203 g/mol. The summed E-state index contributed by atoms with van der Waals surface area (Å²) in [6, 6.07) is 0. The Kier molecular flexibility index (Phi) is 5.87. The first-order valence-electron chi connectivity index (χ1n) is 4.50. The standard InChI is InChI=1S/C9H17NO4/c1-7(2)6-10(4-5-14-3)8(11)9(12)13/h7H,4-6H2,1-3H3,(H,12,13). The minimum atomic E-state index is -1.42. The van der Waals surface area contributed by atoms with Crippen LogP contribution in [0.25, 0.3) is 0 Å². The second-order valence-electron chi connectivity index (χ2n) is 3.44. The maximum Gasteiger partial charge on any atom is 0.394 e. The van der Waals surface area contributed by atoms with Crippen LogP contribution in [-0.4, -0.2) is 48.7 Å². The van der Waals surface area contributed by atoms with Crippen LogP contribution in [0.15, 0.2) is 0 Å². The van der Waals surface area contributed by atoms with Gasteiger partial charge in [-0.15, -0.1) is 0 Å². The van der Waals surface area contributed by atoms with E-state index in [-0.39, 0.29) is 5.92 Å².